The van der Waals surface area contributed by atoms with Crippen molar-refractivity contribution in [2.24, 2.45) is 11.5 Å². The number of likely N-dealkylation sites (N-methyl/N-ethyl adjacent to an activating group) is 2. The van der Waals surface area contributed by atoms with Crippen LogP contribution in [0.2, 0.25) is 0 Å². The van der Waals surface area contributed by atoms with Crippen LogP contribution in [0.25, 0.3) is 0 Å². The van der Waals surface area contributed by atoms with E-state index in [-0.39, 0.29) is 25.5 Å². The van der Waals surface area contributed by atoms with Crippen LogP contribution in [0.5, 0.6) is 5.75 Å². The number of thioether (sulfide) groups is 1. The molecule has 11 nitrogen and oxygen atoms in total. The van der Waals surface area contributed by atoms with E-state index in [1.54, 1.807) is 30.1 Å². The molecule has 0 aromatic heterocycles. The number of esters is 1. The number of benzene rings is 1. The summed E-state index contributed by atoms with van der Waals surface area (Å²) in [4.78, 5) is 54.5. The molecule has 0 atom stereocenters. The third-order valence-electron chi connectivity index (χ3n) is 7.24. The molecule has 256 valence electrons. The van der Waals surface area contributed by atoms with Gasteiger partial charge in [0.2, 0.25) is 5.91 Å². The van der Waals surface area contributed by atoms with Crippen LogP contribution in [0.4, 0.5) is 4.79 Å². The molecule has 0 fully saturated rings. The van der Waals surface area contributed by atoms with E-state index >= 15 is 0 Å². The Balaban J connectivity index is 2.72. The molecule has 1 aromatic rings. The first-order valence-electron chi connectivity index (χ1n) is 16.1. The number of rotatable bonds is 24. The molecule has 0 aliphatic heterocycles. The Morgan fingerprint density at radius 3 is 2.18 bits per heavy atom. The summed E-state index contributed by atoms with van der Waals surface area (Å²) in [5, 5.41) is 0. The summed E-state index contributed by atoms with van der Waals surface area (Å²) in [6.45, 7) is 5.65. The Hall–Kier alpha value is -2.67. The Labute approximate surface area is 274 Å². The fourth-order valence-corrected chi connectivity index (χ4v) is 5.15. The lowest BCUT2D eigenvalue weighted by atomic mass is 10.1. The molecule has 0 aliphatic carbocycles. The van der Waals surface area contributed by atoms with Gasteiger partial charge in [0.25, 0.3) is 0 Å². The minimum Gasteiger partial charge on any atom is -0.461 e. The van der Waals surface area contributed by atoms with E-state index in [4.69, 9.17) is 20.9 Å². The minimum absolute atomic E-state index is 0.00166. The molecule has 45 heavy (non-hydrogen) atoms. The molecule has 2 amide bonds. The van der Waals surface area contributed by atoms with Crippen molar-refractivity contribution in [1.29, 1.82) is 0 Å². The van der Waals surface area contributed by atoms with Gasteiger partial charge in [0, 0.05) is 64.3 Å². The normalized spacial score (nSPS) is 11.1. The summed E-state index contributed by atoms with van der Waals surface area (Å²) in [6, 6.07) is 5.18. The van der Waals surface area contributed by atoms with Gasteiger partial charge in [0.05, 0.1) is 12.6 Å². The van der Waals surface area contributed by atoms with E-state index in [1.807, 2.05) is 30.8 Å². The minimum atomic E-state index is -0.793. The number of amides is 2. The SMILES string of the molecule is CCSCCC(=O)CCCCCCCCCN(Cc1cc(COC(=O)CC(N)N)ccc1OC(=O)N(C)CCN(C)C)C(C)=O. The molecule has 0 saturated carbocycles. The number of carbonyl (C=O) groups is 4. The molecule has 1 aromatic carbocycles. The van der Waals surface area contributed by atoms with Crippen LogP contribution in [0, 0.1) is 0 Å². The van der Waals surface area contributed by atoms with Gasteiger partial charge in [-0.15, -0.1) is 0 Å². The van der Waals surface area contributed by atoms with Gasteiger partial charge in [-0.25, -0.2) is 4.79 Å². The van der Waals surface area contributed by atoms with Gasteiger partial charge in [0.15, 0.2) is 0 Å². The van der Waals surface area contributed by atoms with Crippen molar-refractivity contribution in [2.45, 2.75) is 97.4 Å². The largest absolute Gasteiger partial charge is 0.461 e. The molecular formula is C33H57N5O6S. The Bertz CT molecular complexity index is 1040. The molecule has 0 unspecified atom stereocenters. The fourth-order valence-electron chi connectivity index (χ4n) is 4.49. The highest BCUT2D eigenvalue weighted by atomic mass is 32.2. The second-order valence-electron chi connectivity index (χ2n) is 11.7. The molecule has 0 spiro atoms. The Morgan fingerprint density at radius 2 is 1.56 bits per heavy atom. The molecule has 0 bridgehead atoms. The van der Waals surface area contributed by atoms with Gasteiger partial charge in [0.1, 0.15) is 18.1 Å². The molecule has 0 radical (unpaired) electrons. The maximum Gasteiger partial charge on any atom is 0.415 e. The van der Waals surface area contributed by atoms with Crippen LogP contribution >= 0.6 is 11.8 Å². The zero-order chi connectivity index (χ0) is 33.6. The highest BCUT2D eigenvalue weighted by Crippen LogP contribution is 2.24. The topological polar surface area (TPSA) is 148 Å². The molecule has 0 heterocycles. The van der Waals surface area contributed by atoms with Crippen LogP contribution < -0.4 is 16.2 Å². The number of ether oxygens (including phenoxy) is 2. The maximum atomic E-state index is 12.8. The lowest BCUT2D eigenvalue weighted by molar-refractivity contribution is -0.145. The van der Waals surface area contributed by atoms with Crippen molar-refractivity contribution < 1.29 is 28.7 Å². The third-order valence-corrected chi connectivity index (χ3v) is 8.14. The van der Waals surface area contributed by atoms with E-state index in [2.05, 4.69) is 6.92 Å². The second kappa shape index (κ2) is 23.6. The molecule has 4 N–H and O–H groups in total. The maximum absolute atomic E-state index is 12.8. The quantitative estimate of drug-likeness (QED) is 0.0927. The monoisotopic (exact) mass is 651 g/mol. The van der Waals surface area contributed by atoms with Gasteiger partial charge < -0.3 is 35.6 Å². The van der Waals surface area contributed by atoms with Crippen LogP contribution in [0.3, 0.4) is 0 Å². The van der Waals surface area contributed by atoms with E-state index in [0.29, 0.717) is 55.1 Å². The van der Waals surface area contributed by atoms with E-state index in [1.165, 1.54) is 11.8 Å². The highest BCUT2D eigenvalue weighted by Gasteiger charge is 2.18. The number of nitrogens with zero attached hydrogens (tertiary/aromatic N) is 3. The first-order chi connectivity index (χ1) is 21.4. The molecule has 0 aliphatic rings. The van der Waals surface area contributed by atoms with Crippen molar-refractivity contribution >= 4 is 35.5 Å². The Kier molecular flexibility index (Phi) is 21.2. The van der Waals surface area contributed by atoms with Gasteiger partial charge in [-0.1, -0.05) is 45.1 Å². The van der Waals surface area contributed by atoms with Crippen molar-refractivity contribution in [3.05, 3.63) is 29.3 Å². The van der Waals surface area contributed by atoms with Crippen LogP contribution in [0.15, 0.2) is 18.2 Å². The predicted octanol–water partition coefficient (Wildman–Crippen LogP) is 4.54. The molecule has 12 heteroatoms. The van der Waals surface area contributed by atoms with Gasteiger partial charge in [-0.2, -0.15) is 11.8 Å². The Morgan fingerprint density at radius 1 is 0.889 bits per heavy atom. The zero-order valence-electron chi connectivity index (χ0n) is 28.2. The fraction of sp³-hybridized carbons (Fsp3) is 0.697. The first-order valence-corrected chi connectivity index (χ1v) is 17.3. The lowest BCUT2D eigenvalue weighted by Crippen LogP contribution is -2.35. The van der Waals surface area contributed by atoms with Crippen molar-refractivity contribution in [1.82, 2.24) is 14.7 Å². The van der Waals surface area contributed by atoms with Crippen LogP contribution in [0.1, 0.15) is 89.2 Å². The number of carbonyl (C=O) groups excluding carboxylic acids is 4. The lowest BCUT2D eigenvalue weighted by Gasteiger charge is -2.24. The summed E-state index contributed by atoms with van der Waals surface area (Å²) in [6.07, 6.45) is 7.16. The molecule has 1 rings (SSSR count). The smallest absolute Gasteiger partial charge is 0.415 e. The summed E-state index contributed by atoms with van der Waals surface area (Å²) in [5.74, 6) is 2.12. The number of ketones is 1. The summed E-state index contributed by atoms with van der Waals surface area (Å²) < 4.78 is 11.1. The van der Waals surface area contributed by atoms with Gasteiger partial charge >= 0.3 is 12.1 Å². The number of unbranched alkanes of at least 4 members (excludes halogenated alkanes) is 6. The standard InChI is InChI=1S/C33H57N5O6S/c1-6-45-21-17-29(40)14-12-10-8-7-9-11-13-18-38(26(2)39)24-28-22-27(25-43-32(41)23-31(34)35)15-16-30(28)44-33(42)37(5)20-19-36(3)4/h15-16,22,31H,6-14,17-21,23-25,34-35H2,1-5H3. The van der Waals surface area contributed by atoms with E-state index in [0.717, 1.165) is 56.5 Å². The van der Waals surface area contributed by atoms with Gasteiger partial charge in [-0.05, 0) is 50.4 Å². The average Bonchev–Trinajstić information content (AvgIpc) is 2.97. The van der Waals surface area contributed by atoms with Crippen LogP contribution in [-0.2, 0) is 32.3 Å². The van der Waals surface area contributed by atoms with E-state index < -0.39 is 18.2 Å². The summed E-state index contributed by atoms with van der Waals surface area (Å²) in [5.41, 5.74) is 12.3. The van der Waals surface area contributed by atoms with Gasteiger partial charge in [-0.3, -0.25) is 14.4 Å². The summed E-state index contributed by atoms with van der Waals surface area (Å²) in [7, 11) is 5.54. The number of nitrogens with two attached hydrogens (primary N) is 2. The van der Waals surface area contributed by atoms with Crippen molar-refractivity contribution in [2.75, 3.05) is 52.3 Å². The number of hydrogen-bond acceptors (Lipinski definition) is 10. The van der Waals surface area contributed by atoms with Crippen molar-refractivity contribution in [3.63, 3.8) is 0 Å². The number of hydrogen-bond donors (Lipinski definition) is 2. The van der Waals surface area contributed by atoms with Crippen molar-refractivity contribution in [3.8, 4) is 5.75 Å². The molecule has 0 saturated heterocycles. The molecular weight excluding hydrogens is 594 g/mol. The van der Waals surface area contributed by atoms with Crippen LogP contribution in [-0.4, -0.2) is 96.9 Å². The number of Topliss-reactive ketones (excluding diaryl/α,β-unsaturated/α-hetero) is 1. The third kappa shape index (κ3) is 19.5. The second-order valence-corrected chi connectivity index (χ2v) is 13.1. The van der Waals surface area contributed by atoms with E-state index in [9.17, 15) is 19.2 Å². The highest BCUT2D eigenvalue weighted by molar-refractivity contribution is 7.99. The zero-order valence-corrected chi connectivity index (χ0v) is 29.0. The summed E-state index contributed by atoms with van der Waals surface area (Å²) >= 11 is 1.81. The first kappa shape index (κ1) is 40.4. The average molecular weight is 652 g/mol. The predicted molar refractivity (Wildman–Crippen MR) is 181 cm³/mol.